The first-order chi connectivity index (χ1) is 8.00. The molecule has 1 rings (SSSR count). The van der Waals surface area contributed by atoms with Gasteiger partial charge in [0.25, 0.3) is 8.25 Å². The molecule has 0 spiro atoms. The molecular weight excluding hydrogens is 304 g/mol. The van der Waals surface area contributed by atoms with E-state index in [1.807, 2.05) is 0 Å². The van der Waals surface area contributed by atoms with E-state index in [0.717, 1.165) is 0 Å². The van der Waals surface area contributed by atoms with Crippen molar-refractivity contribution in [1.29, 1.82) is 0 Å². The first kappa shape index (κ1) is 14.8. The van der Waals surface area contributed by atoms with Crippen LogP contribution >= 0.6 is 25.5 Å². The van der Waals surface area contributed by atoms with E-state index in [-0.39, 0.29) is 5.75 Å². The highest BCUT2D eigenvalue weighted by molar-refractivity contribution is 7.64. The predicted octanol–water partition coefficient (Wildman–Crippen LogP) is 5.81. The lowest BCUT2D eigenvalue weighted by atomic mass is 10.3. The van der Waals surface area contributed by atoms with E-state index in [0.29, 0.717) is 0 Å². The SMILES string of the molecule is FN(P(F)F)P(F)/N=[PH](\F)Oc1ccccc1. The molecule has 17 heavy (non-hydrogen) atoms. The van der Waals surface area contributed by atoms with Gasteiger partial charge in [-0.2, -0.15) is 21.3 Å². The molecule has 1 aromatic rings. The average molecular weight is 310 g/mol. The topological polar surface area (TPSA) is 24.8 Å². The van der Waals surface area contributed by atoms with Crippen molar-refractivity contribution < 1.29 is 25.8 Å². The molecule has 0 fully saturated rings. The van der Waals surface area contributed by atoms with E-state index in [1.165, 1.54) is 24.3 Å². The summed E-state index contributed by atoms with van der Waals surface area (Å²) in [6, 6.07) is 7.47. The highest BCUT2D eigenvalue weighted by Gasteiger charge is 2.29. The summed E-state index contributed by atoms with van der Waals surface area (Å²) in [4.78, 5) is 0. The predicted molar refractivity (Wildman–Crippen MR) is 59.0 cm³/mol. The van der Waals surface area contributed by atoms with Gasteiger partial charge in [-0.1, -0.05) is 18.2 Å². The fourth-order valence-corrected chi connectivity index (χ4v) is 2.88. The number of nitrogens with zero attached hydrogens (tertiary/aromatic N) is 2. The Bertz CT molecular complexity index is 381. The summed E-state index contributed by atoms with van der Waals surface area (Å²) >= 11 is 0. The van der Waals surface area contributed by atoms with E-state index in [1.54, 1.807) is 6.07 Å². The van der Waals surface area contributed by atoms with Crippen LogP contribution in [0.1, 0.15) is 0 Å². The molecule has 0 saturated carbocycles. The van der Waals surface area contributed by atoms with Gasteiger partial charge in [0.05, 0.1) is 0 Å². The van der Waals surface area contributed by atoms with Crippen molar-refractivity contribution in [3.63, 3.8) is 0 Å². The number of benzene rings is 1. The zero-order valence-electron chi connectivity index (χ0n) is 7.97. The van der Waals surface area contributed by atoms with Crippen molar-refractivity contribution >= 4 is 25.5 Å². The van der Waals surface area contributed by atoms with Gasteiger partial charge in [-0.25, -0.2) is 0 Å². The fourth-order valence-electron chi connectivity index (χ4n) is 0.764. The lowest BCUT2D eigenvalue weighted by Crippen LogP contribution is -1.88. The highest BCUT2D eigenvalue weighted by Crippen LogP contribution is 2.63. The molecule has 3 nitrogen and oxygen atoms in total. The molecule has 0 aliphatic rings. The third kappa shape index (κ3) is 5.26. The summed E-state index contributed by atoms with van der Waals surface area (Å²) in [5, 5.41) is 0. The molecule has 0 aromatic heterocycles. The number of hydrogen-bond donors (Lipinski definition) is 0. The van der Waals surface area contributed by atoms with Crippen molar-refractivity contribution in [2.75, 3.05) is 0 Å². The minimum Gasteiger partial charge on any atom is -0.437 e. The van der Waals surface area contributed by atoms with Gasteiger partial charge in [-0.15, -0.1) is 4.48 Å². The van der Waals surface area contributed by atoms with Crippen LogP contribution in [0.5, 0.6) is 5.75 Å². The maximum Gasteiger partial charge on any atom is 0.381 e. The van der Waals surface area contributed by atoms with Gasteiger partial charge in [0, 0.05) is 4.66 Å². The van der Waals surface area contributed by atoms with Crippen LogP contribution in [-0.2, 0) is 0 Å². The van der Waals surface area contributed by atoms with Crippen LogP contribution in [0.4, 0.5) is 21.3 Å². The summed E-state index contributed by atoms with van der Waals surface area (Å²) in [5.41, 5.74) is 0. The number of para-hydroxylation sites is 1. The third-order valence-electron chi connectivity index (χ3n) is 1.37. The maximum absolute atomic E-state index is 13.0. The molecule has 2 unspecified atom stereocenters. The first-order valence-electron chi connectivity index (χ1n) is 4.01. The van der Waals surface area contributed by atoms with Crippen molar-refractivity contribution in [2.24, 2.45) is 4.52 Å². The molecule has 2 atom stereocenters. The molecule has 96 valence electrons. The van der Waals surface area contributed by atoms with Crippen LogP contribution in [0.3, 0.4) is 0 Å². The maximum atomic E-state index is 13.0. The van der Waals surface area contributed by atoms with Crippen molar-refractivity contribution in [1.82, 2.24) is 4.66 Å². The lowest BCUT2D eigenvalue weighted by molar-refractivity contribution is 0.248. The average Bonchev–Trinajstić information content (AvgIpc) is 2.28. The zero-order chi connectivity index (χ0) is 12.8. The molecule has 0 radical (unpaired) electrons. The van der Waals surface area contributed by atoms with Gasteiger partial charge in [0.2, 0.25) is 0 Å². The normalized spacial score (nSPS) is 15.2. The summed E-state index contributed by atoms with van der Waals surface area (Å²) < 4.78 is 67.2. The number of hydrogen-bond acceptors (Lipinski definition) is 3. The smallest absolute Gasteiger partial charge is 0.381 e. The first-order valence-corrected chi connectivity index (χ1v) is 7.46. The molecular formula is C6H6F5N2OP3. The molecule has 0 aliphatic heterocycles. The van der Waals surface area contributed by atoms with Crippen LogP contribution < -0.4 is 4.52 Å². The van der Waals surface area contributed by atoms with E-state index in [4.69, 9.17) is 0 Å². The molecule has 0 bridgehead atoms. The van der Waals surface area contributed by atoms with Gasteiger partial charge in [-0.05, 0) is 12.1 Å². The van der Waals surface area contributed by atoms with Gasteiger partial charge in [0.15, 0.2) is 0 Å². The van der Waals surface area contributed by atoms with Crippen molar-refractivity contribution in [2.45, 2.75) is 0 Å². The Balaban J connectivity index is 2.61. The van der Waals surface area contributed by atoms with Crippen LogP contribution in [0.15, 0.2) is 34.8 Å². The lowest BCUT2D eigenvalue weighted by Gasteiger charge is -2.09. The monoisotopic (exact) mass is 310 g/mol. The minimum absolute atomic E-state index is 0.0733. The Kier molecular flexibility index (Phi) is 6.28. The summed E-state index contributed by atoms with van der Waals surface area (Å²) in [5.74, 6) is 0.0733. The number of halogens is 5. The van der Waals surface area contributed by atoms with E-state index in [2.05, 4.69) is 9.04 Å². The van der Waals surface area contributed by atoms with Crippen LogP contribution in [0.2, 0.25) is 0 Å². The van der Waals surface area contributed by atoms with Crippen LogP contribution in [0, 0.1) is 0 Å². The molecule has 0 amide bonds. The largest absolute Gasteiger partial charge is 0.437 e. The molecule has 0 aliphatic carbocycles. The van der Waals surface area contributed by atoms with Gasteiger partial charge in [0.1, 0.15) is 5.75 Å². The van der Waals surface area contributed by atoms with Gasteiger partial charge in [-0.3, -0.25) is 0 Å². The summed E-state index contributed by atoms with van der Waals surface area (Å²) in [7, 11) is -11.5. The van der Waals surface area contributed by atoms with E-state index >= 15 is 0 Å². The second-order valence-corrected chi connectivity index (χ2v) is 5.90. The molecule has 1 aromatic carbocycles. The second kappa shape index (κ2) is 7.22. The fraction of sp³-hybridized carbons (Fsp3) is 0. The quantitative estimate of drug-likeness (QED) is 0.389. The Morgan fingerprint density at radius 2 is 1.76 bits per heavy atom. The van der Waals surface area contributed by atoms with Crippen LogP contribution in [-0.4, -0.2) is 4.66 Å². The molecule has 0 saturated heterocycles. The Morgan fingerprint density at radius 1 is 1.18 bits per heavy atom. The Labute approximate surface area is 97.2 Å². The summed E-state index contributed by atoms with van der Waals surface area (Å²) in [6.45, 7) is 0. The third-order valence-corrected chi connectivity index (χ3v) is 4.43. The molecule has 0 heterocycles. The molecule has 11 heteroatoms. The second-order valence-electron chi connectivity index (χ2n) is 2.46. The van der Waals surface area contributed by atoms with Gasteiger partial charge < -0.3 is 4.52 Å². The van der Waals surface area contributed by atoms with E-state index in [9.17, 15) is 21.3 Å². The van der Waals surface area contributed by atoms with Crippen molar-refractivity contribution in [3.8, 4) is 5.75 Å². The van der Waals surface area contributed by atoms with Gasteiger partial charge >= 0.3 is 17.2 Å². The Hall–Kier alpha value is -0.280. The Morgan fingerprint density at radius 3 is 2.29 bits per heavy atom. The number of rotatable bonds is 5. The summed E-state index contributed by atoms with van der Waals surface area (Å²) in [6.07, 6.45) is 0. The van der Waals surface area contributed by atoms with Crippen molar-refractivity contribution in [3.05, 3.63) is 30.3 Å². The standard InChI is InChI=1S/C6H6F5N2OP3/c7-13(15(8)9)16(10)12-17(11)14-6-4-2-1-3-5-6/h1-5,17H. The molecule has 0 N–H and O–H groups in total. The minimum atomic E-state index is -4.27. The zero-order valence-corrected chi connectivity index (χ0v) is 10.8. The van der Waals surface area contributed by atoms with Crippen LogP contribution in [0.25, 0.3) is 0 Å². The highest BCUT2D eigenvalue weighted by atomic mass is 31.3. The van der Waals surface area contributed by atoms with E-state index < -0.39 is 30.1 Å².